The smallest absolute Gasteiger partial charge is 0.315 e. The van der Waals surface area contributed by atoms with Crippen LogP contribution in [0.1, 0.15) is 48.0 Å². The van der Waals surface area contributed by atoms with E-state index in [0.717, 1.165) is 61.6 Å². The van der Waals surface area contributed by atoms with E-state index in [1.807, 2.05) is 41.3 Å². The van der Waals surface area contributed by atoms with Gasteiger partial charge >= 0.3 is 6.03 Å². The van der Waals surface area contributed by atoms with Gasteiger partial charge in [-0.1, -0.05) is 18.2 Å². The number of nitrogens with one attached hydrogen (secondary N) is 2. The summed E-state index contributed by atoms with van der Waals surface area (Å²) in [5, 5.41) is 5.99. The minimum absolute atomic E-state index is 0.123. The maximum Gasteiger partial charge on any atom is 0.315 e. The van der Waals surface area contributed by atoms with Gasteiger partial charge in [0.2, 0.25) is 0 Å². The van der Waals surface area contributed by atoms with Crippen molar-refractivity contribution in [2.24, 2.45) is 5.41 Å². The number of amides is 3. The van der Waals surface area contributed by atoms with E-state index in [2.05, 4.69) is 27.7 Å². The molecule has 34 heavy (non-hydrogen) atoms. The van der Waals surface area contributed by atoms with E-state index in [1.54, 1.807) is 7.11 Å². The van der Waals surface area contributed by atoms with Gasteiger partial charge in [-0.15, -0.1) is 0 Å². The van der Waals surface area contributed by atoms with Crippen LogP contribution in [0.3, 0.4) is 0 Å². The first-order valence-corrected chi connectivity index (χ1v) is 12.4. The molecule has 2 aromatic rings. The van der Waals surface area contributed by atoms with Gasteiger partial charge in [-0.05, 0) is 68.0 Å². The van der Waals surface area contributed by atoms with E-state index in [0.29, 0.717) is 6.54 Å². The molecule has 5 rings (SSSR count). The average molecular weight is 463 g/mol. The summed E-state index contributed by atoms with van der Waals surface area (Å²) in [7, 11) is 1.64. The fourth-order valence-electron chi connectivity index (χ4n) is 5.59. The van der Waals surface area contributed by atoms with Crippen LogP contribution >= 0.6 is 0 Å². The van der Waals surface area contributed by atoms with Crippen LogP contribution < -0.4 is 20.3 Å². The van der Waals surface area contributed by atoms with Crippen molar-refractivity contribution in [2.45, 2.75) is 44.7 Å². The molecule has 3 aliphatic rings. The molecule has 1 spiro atoms. The Labute approximate surface area is 201 Å². The zero-order valence-electron chi connectivity index (χ0n) is 19.9. The van der Waals surface area contributed by atoms with E-state index in [-0.39, 0.29) is 23.4 Å². The summed E-state index contributed by atoms with van der Waals surface area (Å²) in [6.45, 7) is 4.20. The number of benzene rings is 2. The van der Waals surface area contributed by atoms with Crippen LogP contribution in [-0.4, -0.2) is 56.2 Å². The highest BCUT2D eigenvalue weighted by Gasteiger charge is 2.54. The molecule has 2 saturated heterocycles. The van der Waals surface area contributed by atoms with Crippen molar-refractivity contribution in [1.29, 1.82) is 0 Å². The van der Waals surface area contributed by atoms with Gasteiger partial charge < -0.3 is 25.2 Å². The number of methoxy groups -OCH3 is 1. The zero-order valence-corrected chi connectivity index (χ0v) is 19.9. The second-order valence-corrected chi connectivity index (χ2v) is 10.0. The monoisotopic (exact) mass is 462 g/mol. The third-order valence-electron chi connectivity index (χ3n) is 7.46. The third kappa shape index (κ3) is 4.83. The van der Waals surface area contributed by atoms with E-state index in [4.69, 9.17) is 4.74 Å². The Kier molecular flexibility index (Phi) is 6.35. The predicted octanol–water partition coefficient (Wildman–Crippen LogP) is 3.79. The number of piperidine rings is 1. The number of carbonyl (C=O) groups is 2. The van der Waals surface area contributed by atoms with Crippen molar-refractivity contribution in [3.05, 3.63) is 59.7 Å². The van der Waals surface area contributed by atoms with E-state index in [9.17, 15) is 9.59 Å². The number of nitrogens with zero attached hydrogens (tertiary/aromatic N) is 2. The number of ether oxygens (including phenoxy) is 1. The number of rotatable bonds is 6. The van der Waals surface area contributed by atoms with Gasteiger partial charge in [-0.2, -0.15) is 0 Å². The lowest BCUT2D eigenvalue weighted by molar-refractivity contribution is -0.0585. The number of anilines is 1. The van der Waals surface area contributed by atoms with Crippen LogP contribution in [0.2, 0.25) is 0 Å². The van der Waals surface area contributed by atoms with Gasteiger partial charge in [0.15, 0.2) is 0 Å². The topological polar surface area (TPSA) is 73.9 Å². The summed E-state index contributed by atoms with van der Waals surface area (Å²) < 4.78 is 5.16. The summed E-state index contributed by atoms with van der Waals surface area (Å²) in [4.78, 5) is 29.6. The van der Waals surface area contributed by atoms with Crippen LogP contribution in [0.25, 0.3) is 0 Å². The van der Waals surface area contributed by atoms with Crippen molar-refractivity contribution in [2.75, 3.05) is 38.2 Å². The predicted molar refractivity (Wildman–Crippen MR) is 132 cm³/mol. The summed E-state index contributed by atoms with van der Waals surface area (Å²) in [5.74, 6) is 0.925. The number of hydrogen-bond acceptors (Lipinski definition) is 4. The molecule has 7 heteroatoms. The molecule has 2 aromatic carbocycles. The lowest BCUT2D eigenvalue weighted by atomic mass is 9.60. The van der Waals surface area contributed by atoms with Crippen molar-refractivity contribution >= 4 is 17.6 Å². The Morgan fingerprint density at radius 3 is 2.47 bits per heavy atom. The van der Waals surface area contributed by atoms with Crippen LogP contribution in [0.4, 0.5) is 10.5 Å². The molecule has 2 N–H and O–H groups in total. The van der Waals surface area contributed by atoms with Crippen molar-refractivity contribution in [1.82, 2.24) is 15.5 Å². The van der Waals surface area contributed by atoms with Gasteiger partial charge in [0.25, 0.3) is 5.91 Å². The standard InChI is InChI=1S/C27H34N4O3/c1-34-24-10-8-20(9-11-24)17-28-26(33)29-22-15-27(16-22)18-31(19-27)25(32)21-6-5-7-23(14-21)30-12-3-2-4-13-30/h5-11,14,22H,2-4,12-13,15-19H2,1H3,(H2,28,29,33). The molecule has 0 atom stereocenters. The quantitative estimate of drug-likeness (QED) is 0.685. The minimum Gasteiger partial charge on any atom is -0.497 e. The molecular weight excluding hydrogens is 428 g/mol. The minimum atomic E-state index is -0.141. The average Bonchev–Trinajstić information content (AvgIpc) is 2.84. The van der Waals surface area contributed by atoms with E-state index < -0.39 is 0 Å². The first-order chi connectivity index (χ1) is 16.5. The second kappa shape index (κ2) is 9.57. The maximum absolute atomic E-state index is 13.0. The maximum atomic E-state index is 13.0. The summed E-state index contributed by atoms with van der Waals surface area (Å²) in [5.41, 5.74) is 3.14. The van der Waals surface area contributed by atoms with Crippen molar-refractivity contribution in [3.63, 3.8) is 0 Å². The number of carbonyl (C=O) groups excluding carboxylic acids is 2. The second-order valence-electron chi connectivity index (χ2n) is 10.0. The molecule has 0 unspecified atom stereocenters. The third-order valence-corrected chi connectivity index (χ3v) is 7.46. The fraction of sp³-hybridized carbons (Fsp3) is 0.481. The lowest BCUT2D eigenvalue weighted by Gasteiger charge is -2.59. The highest BCUT2D eigenvalue weighted by molar-refractivity contribution is 5.95. The zero-order chi connectivity index (χ0) is 23.5. The Balaban J connectivity index is 1.05. The van der Waals surface area contributed by atoms with Gasteiger partial charge in [0.05, 0.1) is 7.11 Å². The summed E-state index contributed by atoms with van der Waals surface area (Å²) in [6, 6.07) is 15.8. The molecule has 3 fully saturated rings. The molecular formula is C27H34N4O3. The van der Waals surface area contributed by atoms with E-state index >= 15 is 0 Å². The summed E-state index contributed by atoms with van der Waals surface area (Å²) >= 11 is 0. The summed E-state index contributed by atoms with van der Waals surface area (Å²) in [6.07, 6.45) is 5.61. The molecule has 1 saturated carbocycles. The van der Waals surface area contributed by atoms with Gasteiger partial charge in [-0.3, -0.25) is 4.79 Å². The number of likely N-dealkylation sites (tertiary alicyclic amines) is 1. The van der Waals surface area contributed by atoms with Gasteiger partial charge in [-0.25, -0.2) is 4.79 Å². The number of hydrogen-bond donors (Lipinski definition) is 2. The largest absolute Gasteiger partial charge is 0.497 e. The first-order valence-electron chi connectivity index (χ1n) is 12.4. The molecule has 0 bridgehead atoms. The highest BCUT2D eigenvalue weighted by Crippen LogP contribution is 2.48. The molecule has 1 aliphatic carbocycles. The highest BCUT2D eigenvalue weighted by atomic mass is 16.5. The van der Waals surface area contributed by atoms with Crippen LogP contribution in [0, 0.1) is 5.41 Å². The normalized spacial score (nSPS) is 19.2. The first kappa shape index (κ1) is 22.6. The fourth-order valence-corrected chi connectivity index (χ4v) is 5.59. The molecule has 7 nitrogen and oxygen atoms in total. The molecule has 3 amide bonds. The van der Waals surface area contributed by atoms with Crippen molar-refractivity contribution in [3.8, 4) is 5.75 Å². The van der Waals surface area contributed by atoms with Crippen LogP contribution in [0.5, 0.6) is 5.75 Å². The SMILES string of the molecule is COc1ccc(CNC(=O)NC2CC3(C2)CN(C(=O)c2cccc(N4CCCCC4)c2)C3)cc1. The van der Waals surface area contributed by atoms with Crippen molar-refractivity contribution < 1.29 is 14.3 Å². The van der Waals surface area contributed by atoms with Gasteiger partial charge in [0.1, 0.15) is 5.75 Å². The lowest BCUT2D eigenvalue weighted by Crippen LogP contribution is -2.67. The van der Waals surface area contributed by atoms with Crippen LogP contribution in [-0.2, 0) is 6.54 Å². The number of urea groups is 1. The molecule has 180 valence electrons. The molecule has 0 aromatic heterocycles. The molecule has 2 aliphatic heterocycles. The Morgan fingerprint density at radius 2 is 1.76 bits per heavy atom. The van der Waals surface area contributed by atoms with Crippen LogP contribution in [0.15, 0.2) is 48.5 Å². The van der Waals surface area contributed by atoms with E-state index in [1.165, 1.54) is 19.3 Å². The van der Waals surface area contributed by atoms with Gasteiger partial charge in [0, 0.05) is 55.4 Å². The molecule has 2 heterocycles. The molecule has 0 radical (unpaired) electrons. The Hall–Kier alpha value is -3.22. The Morgan fingerprint density at radius 1 is 1.03 bits per heavy atom. The Bertz CT molecular complexity index is 1020.